The molecule has 0 saturated carbocycles. The van der Waals surface area contributed by atoms with Gasteiger partial charge in [-0.05, 0) is 0 Å². The summed E-state index contributed by atoms with van der Waals surface area (Å²) in [5.41, 5.74) is 0. The van der Waals surface area contributed by atoms with Crippen LogP contribution < -0.4 is 10.2 Å². The maximum absolute atomic E-state index is 11.2. The minimum absolute atomic E-state index is 0. The van der Waals surface area contributed by atoms with Crippen molar-refractivity contribution in [2.24, 2.45) is 0 Å². The molecule has 1 aliphatic heterocycles. The molecule has 0 aromatic rings. The van der Waals surface area contributed by atoms with Crippen LogP contribution in [-0.4, -0.2) is 166 Å². The Morgan fingerprint density at radius 3 is 1.35 bits per heavy atom. The normalized spacial score (nSPS) is 19.3. The first-order valence-electron chi connectivity index (χ1n) is 10.3. The number of carbonyl (C=O) groups is 3. The standard InChI is InChI=1S/C18H34N4O9.Gd.H2O2/c23-12-14(15(25)13-24)22-7-5-20(10-17(28)29)3-1-19(9-16(26)27)2-4-21(6-8-22)11-18(30)31;;1-2/h14-15,23-25H,1-13H2,(H,26,27)(H,28,29)(H,30,31);;1-2H/q;+3;/p-2. The molecule has 0 spiro atoms. The van der Waals surface area contributed by atoms with Gasteiger partial charge >= 0.3 is 45.9 Å². The number of aliphatic hydroxyl groups is 3. The molecule has 1 aliphatic rings. The van der Waals surface area contributed by atoms with E-state index in [0.29, 0.717) is 0 Å². The molecule has 2 atom stereocenters. The molecule has 0 aliphatic carbocycles. The van der Waals surface area contributed by atoms with Gasteiger partial charge in [0.25, 0.3) is 0 Å². The van der Waals surface area contributed by atoms with Crippen molar-refractivity contribution < 1.29 is 95.5 Å². The molecule has 16 heteroatoms. The second-order valence-corrected chi connectivity index (χ2v) is 7.50. The Labute approximate surface area is 229 Å². The van der Waals surface area contributed by atoms with E-state index in [4.69, 9.17) is 10.5 Å². The summed E-state index contributed by atoms with van der Waals surface area (Å²) in [7, 11) is 0. The van der Waals surface area contributed by atoms with Crippen molar-refractivity contribution in [3.05, 3.63) is 0 Å². The molecule has 1 heterocycles. The number of carbonyl (C=O) groups excluding carboxylic acids is 2. The van der Waals surface area contributed by atoms with E-state index in [1.165, 1.54) is 0 Å². The van der Waals surface area contributed by atoms with E-state index in [1.807, 2.05) is 0 Å². The molecule has 0 aromatic heterocycles. The molecule has 2 unspecified atom stereocenters. The van der Waals surface area contributed by atoms with Gasteiger partial charge in [0.2, 0.25) is 0 Å². The van der Waals surface area contributed by atoms with Gasteiger partial charge in [-0.25, -0.2) is 0 Å². The van der Waals surface area contributed by atoms with E-state index in [2.05, 4.69) is 0 Å². The number of hydrogen-bond donors (Lipinski definition) is 6. The van der Waals surface area contributed by atoms with Crippen LogP contribution in [0.3, 0.4) is 0 Å². The molecule has 34 heavy (non-hydrogen) atoms. The number of nitrogens with zero attached hydrogens (tertiary/aromatic N) is 4. The molecule has 199 valence electrons. The smallest absolute Gasteiger partial charge is 0.549 e. The fraction of sp³-hybridized carbons (Fsp3) is 0.833. The van der Waals surface area contributed by atoms with Gasteiger partial charge in [0, 0.05) is 65.4 Å². The van der Waals surface area contributed by atoms with Crippen molar-refractivity contribution in [1.82, 2.24) is 19.6 Å². The van der Waals surface area contributed by atoms with Crippen LogP contribution in [-0.2, 0) is 14.4 Å². The largest absolute Gasteiger partial charge is 3.00 e. The van der Waals surface area contributed by atoms with Crippen LogP contribution in [0.1, 0.15) is 0 Å². The Bertz CT molecular complexity index is 558. The summed E-state index contributed by atoms with van der Waals surface area (Å²) >= 11 is 0. The second kappa shape index (κ2) is 20.6. The third-order valence-electron chi connectivity index (χ3n) is 5.22. The topological polar surface area (TPSA) is 232 Å². The Hall–Kier alpha value is -0.625. The molecule has 0 aromatic carbocycles. The van der Waals surface area contributed by atoms with E-state index in [-0.39, 0.29) is 112 Å². The zero-order valence-electron chi connectivity index (χ0n) is 18.7. The number of aliphatic hydroxyl groups excluding tert-OH is 3. The van der Waals surface area contributed by atoms with E-state index in [1.54, 1.807) is 19.6 Å². The fourth-order valence-corrected chi connectivity index (χ4v) is 3.52. The molecule has 6 N–H and O–H groups in total. The fourth-order valence-electron chi connectivity index (χ4n) is 3.52. The van der Waals surface area contributed by atoms with Crippen LogP contribution >= 0.6 is 0 Å². The summed E-state index contributed by atoms with van der Waals surface area (Å²) < 4.78 is 0. The summed E-state index contributed by atoms with van der Waals surface area (Å²) in [5, 5.41) is 72.4. The third-order valence-corrected chi connectivity index (χ3v) is 5.22. The Morgan fingerprint density at radius 1 is 0.706 bits per heavy atom. The summed E-state index contributed by atoms with van der Waals surface area (Å²) in [5.74, 6) is -3.65. The van der Waals surface area contributed by atoms with Crippen LogP contribution in [0.25, 0.3) is 0 Å². The maximum Gasteiger partial charge on any atom is 3.00 e. The van der Waals surface area contributed by atoms with Crippen molar-refractivity contribution in [2.75, 3.05) is 85.2 Å². The summed E-state index contributed by atoms with van der Waals surface area (Å²) in [6.07, 6.45) is -1.24. The van der Waals surface area contributed by atoms with Crippen LogP contribution in [0, 0.1) is 39.9 Å². The van der Waals surface area contributed by atoms with Crippen molar-refractivity contribution in [2.45, 2.75) is 12.1 Å². The first-order chi connectivity index (χ1) is 15.7. The van der Waals surface area contributed by atoms with Gasteiger partial charge in [0.1, 0.15) is 0 Å². The molecule has 1 fully saturated rings. The predicted molar refractivity (Wildman–Crippen MR) is 108 cm³/mol. The van der Waals surface area contributed by atoms with E-state index >= 15 is 0 Å². The first-order valence-corrected chi connectivity index (χ1v) is 10.3. The van der Waals surface area contributed by atoms with Crippen molar-refractivity contribution in [1.29, 1.82) is 0 Å². The van der Waals surface area contributed by atoms with E-state index in [9.17, 15) is 45.0 Å². The number of aliphatic carboxylic acids is 3. The third kappa shape index (κ3) is 15.4. The summed E-state index contributed by atoms with van der Waals surface area (Å²) in [6, 6.07) is -0.820. The van der Waals surface area contributed by atoms with Gasteiger partial charge in [-0.1, -0.05) is 0 Å². The van der Waals surface area contributed by atoms with Crippen LogP contribution in [0.5, 0.6) is 0 Å². The van der Waals surface area contributed by atoms with Gasteiger partial charge in [-0.2, -0.15) is 0 Å². The van der Waals surface area contributed by atoms with Gasteiger partial charge in [-0.15, -0.1) is 0 Å². The van der Waals surface area contributed by atoms with E-state index < -0.39 is 43.3 Å². The Balaban J connectivity index is 0. The minimum atomic E-state index is -1.30. The average molecular weight is 640 g/mol. The number of carboxylic acids is 3. The number of carboxylic acid groups (broad SMARTS) is 3. The number of hydrogen-bond acceptors (Lipinski definition) is 14. The van der Waals surface area contributed by atoms with Gasteiger partial charge in [-0.3, -0.25) is 34.9 Å². The van der Waals surface area contributed by atoms with Crippen molar-refractivity contribution >= 4 is 17.9 Å². The number of rotatable bonds is 10. The molecule has 1 saturated heterocycles. The maximum atomic E-state index is 11.2. The zero-order chi connectivity index (χ0) is 25.4. The molecule has 1 radical (unpaired) electrons. The van der Waals surface area contributed by atoms with E-state index in [0.717, 1.165) is 0 Å². The SMILES string of the molecule is O=C([O-])CN1CCN(CC(=O)[O-])CCN(C(CO)C(O)CO)CCN(CC(=O)O)CC1.OO.[Gd+3]. The van der Waals surface area contributed by atoms with Crippen LogP contribution in [0.2, 0.25) is 0 Å². The average Bonchev–Trinajstić information content (AvgIpc) is 2.75. The van der Waals surface area contributed by atoms with Crippen LogP contribution in [0.4, 0.5) is 0 Å². The summed E-state index contributed by atoms with van der Waals surface area (Å²) in [6.45, 7) is -0.299. The molecular formula is C18H34GdN4O11+. The minimum Gasteiger partial charge on any atom is -0.549 e. The second-order valence-electron chi connectivity index (χ2n) is 7.50. The van der Waals surface area contributed by atoms with Crippen LogP contribution in [0.15, 0.2) is 0 Å². The Kier molecular flexibility index (Phi) is 21.5. The molecule has 15 nitrogen and oxygen atoms in total. The van der Waals surface area contributed by atoms with Gasteiger partial charge in [0.05, 0.1) is 43.8 Å². The molecular weight excluding hydrogens is 605 g/mol. The summed E-state index contributed by atoms with van der Waals surface area (Å²) in [4.78, 5) is 39.8. The molecule has 0 bridgehead atoms. The molecule has 1 rings (SSSR count). The van der Waals surface area contributed by atoms with Gasteiger partial charge in [0.15, 0.2) is 0 Å². The molecule has 0 amide bonds. The first kappa shape index (κ1) is 35.5. The van der Waals surface area contributed by atoms with Gasteiger partial charge < -0.3 is 40.2 Å². The monoisotopic (exact) mass is 640 g/mol. The zero-order valence-corrected chi connectivity index (χ0v) is 21.0. The van der Waals surface area contributed by atoms with Crippen molar-refractivity contribution in [3.8, 4) is 0 Å². The quantitative estimate of drug-likeness (QED) is 0.0964. The van der Waals surface area contributed by atoms with Crippen molar-refractivity contribution in [3.63, 3.8) is 0 Å². The Morgan fingerprint density at radius 2 is 1.06 bits per heavy atom. The predicted octanol–water partition coefficient (Wildman–Crippen LogP) is -6.48.